The molecule has 0 radical (unpaired) electrons. The number of benzene rings is 2. The monoisotopic (exact) mass is 378 g/mol. The lowest BCUT2D eigenvalue weighted by Gasteiger charge is -2.09. The fraction of sp³-hybridized carbons (Fsp3) is 0. The van der Waals surface area contributed by atoms with E-state index >= 15 is 0 Å². The normalized spacial score (nSPS) is 11.5. The second kappa shape index (κ2) is 5.04. The summed E-state index contributed by atoms with van der Waals surface area (Å²) in [5.41, 5.74) is 3.71. The summed E-state index contributed by atoms with van der Waals surface area (Å²) in [5, 5.41) is 20.8. The van der Waals surface area contributed by atoms with Crippen molar-refractivity contribution in [3.05, 3.63) is 53.3 Å². The molecule has 3 aromatic heterocycles. The summed E-state index contributed by atoms with van der Waals surface area (Å²) in [6.45, 7) is 0. The number of aromatic amines is 2. The molecule has 0 aliphatic rings. The highest BCUT2D eigenvalue weighted by Gasteiger charge is 2.11. The summed E-state index contributed by atoms with van der Waals surface area (Å²) in [6, 6.07) is 12.1. The largest absolute Gasteiger partial charge is 0.338 e. The molecule has 6 nitrogen and oxygen atoms in total. The molecule has 24 heavy (non-hydrogen) atoms. The Labute approximate surface area is 144 Å². The van der Waals surface area contributed by atoms with Gasteiger partial charge in [-0.1, -0.05) is 15.9 Å². The van der Waals surface area contributed by atoms with Gasteiger partial charge in [0.05, 0.1) is 23.4 Å². The molecule has 7 heteroatoms. The van der Waals surface area contributed by atoms with Gasteiger partial charge in [0.1, 0.15) is 5.52 Å². The molecular weight excluding hydrogens is 368 g/mol. The quantitative estimate of drug-likeness (QED) is 0.422. The van der Waals surface area contributed by atoms with E-state index in [1.54, 1.807) is 6.20 Å². The molecule has 3 N–H and O–H groups in total. The summed E-state index contributed by atoms with van der Waals surface area (Å²) in [4.78, 5) is 4.75. The molecule has 0 amide bonds. The summed E-state index contributed by atoms with van der Waals surface area (Å²) in [7, 11) is 0. The van der Waals surface area contributed by atoms with Gasteiger partial charge in [0.2, 0.25) is 0 Å². The summed E-state index contributed by atoms with van der Waals surface area (Å²) >= 11 is 3.51. The second-order valence-electron chi connectivity index (χ2n) is 5.58. The zero-order valence-corrected chi connectivity index (χ0v) is 13.9. The van der Waals surface area contributed by atoms with Gasteiger partial charge in [0, 0.05) is 26.3 Å². The standard InChI is InChI=1S/C17H11BrN6/c18-10-2-4-14-12(5-10)13-8-20-24-16(13)17(22-14)21-11-3-1-9-7-19-23-15(9)6-11/h1-8H,(H,19,23)(H,20,24)(H,21,22). The third-order valence-electron chi connectivity index (χ3n) is 4.06. The van der Waals surface area contributed by atoms with Gasteiger partial charge >= 0.3 is 0 Å². The molecule has 116 valence electrons. The average Bonchev–Trinajstić information content (AvgIpc) is 3.24. The number of aromatic nitrogens is 5. The van der Waals surface area contributed by atoms with Gasteiger partial charge < -0.3 is 5.32 Å². The van der Waals surface area contributed by atoms with Crippen LogP contribution < -0.4 is 5.32 Å². The molecule has 5 aromatic rings. The van der Waals surface area contributed by atoms with E-state index in [1.165, 1.54) is 0 Å². The zero-order chi connectivity index (χ0) is 16.1. The average molecular weight is 379 g/mol. The third kappa shape index (κ3) is 2.05. The van der Waals surface area contributed by atoms with Crippen LogP contribution in [0.15, 0.2) is 53.3 Å². The molecule has 0 unspecified atom stereocenters. The van der Waals surface area contributed by atoms with Crippen molar-refractivity contribution in [3.63, 3.8) is 0 Å². The number of fused-ring (bicyclic) bond motifs is 4. The minimum atomic E-state index is 0.746. The molecule has 2 aromatic carbocycles. The van der Waals surface area contributed by atoms with Gasteiger partial charge in [-0.15, -0.1) is 0 Å². The van der Waals surface area contributed by atoms with Crippen LogP contribution in [0, 0.1) is 0 Å². The van der Waals surface area contributed by atoms with Crippen molar-refractivity contribution in [1.29, 1.82) is 0 Å². The first-order chi connectivity index (χ1) is 11.8. The van der Waals surface area contributed by atoms with Crippen molar-refractivity contribution in [1.82, 2.24) is 25.4 Å². The summed E-state index contributed by atoms with van der Waals surface area (Å²) in [5.74, 6) is 0.746. The maximum Gasteiger partial charge on any atom is 0.157 e. The van der Waals surface area contributed by atoms with E-state index in [0.717, 1.165) is 48.7 Å². The van der Waals surface area contributed by atoms with E-state index in [-0.39, 0.29) is 0 Å². The lowest BCUT2D eigenvalue weighted by Crippen LogP contribution is -1.96. The molecule has 3 heterocycles. The van der Waals surface area contributed by atoms with Gasteiger partial charge in [-0.2, -0.15) is 10.2 Å². The number of nitrogens with zero attached hydrogens (tertiary/aromatic N) is 3. The van der Waals surface area contributed by atoms with E-state index < -0.39 is 0 Å². The molecule has 0 aliphatic carbocycles. The van der Waals surface area contributed by atoms with E-state index in [1.807, 2.05) is 36.5 Å². The third-order valence-corrected chi connectivity index (χ3v) is 4.56. The lowest BCUT2D eigenvalue weighted by molar-refractivity contribution is 1.11. The smallest absolute Gasteiger partial charge is 0.157 e. The molecule has 0 spiro atoms. The molecule has 0 saturated carbocycles. The number of hydrogen-bond acceptors (Lipinski definition) is 4. The summed E-state index contributed by atoms with van der Waals surface area (Å²) in [6.07, 6.45) is 3.63. The number of hydrogen-bond donors (Lipinski definition) is 3. The van der Waals surface area contributed by atoms with Crippen LogP contribution in [0.3, 0.4) is 0 Å². The molecular formula is C17H11BrN6. The van der Waals surface area contributed by atoms with E-state index in [2.05, 4.69) is 47.7 Å². The van der Waals surface area contributed by atoms with Crippen molar-refractivity contribution in [3.8, 4) is 0 Å². The van der Waals surface area contributed by atoms with Crippen molar-refractivity contribution < 1.29 is 0 Å². The van der Waals surface area contributed by atoms with Crippen LogP contribution in [-0.4, -0.2) is 25.4 Å². The number of anilines is 2. The van der Waals surface area contributed by atoms with Gasteiger partial charge in [0.25, 0.3) is 0 Å². The Morgan fingerprint density at radius 1 is 0.917 bits per heavy atom. The number of H-pyrrole nitrogens is 2. The Bertz CT molecular complexity index is 1210. The maximum absolute atomic E-state index is 4.75. The van der Waals surface area contributed by atoms with Gasteiger partial charge in [-0.25, -0.2) is 4.98 Å². The van der Waals surface area contributed by atoms with Crippen molar-refractivity contribution in [2.24, 2.45) is 0 Å². The highest BCUT2D eigenvalue weighted by atomic mass is 79.9. The van der Waals surface area contributed by atoms with Gasteiger partial charge in [-0.3, -0.25) is 10.2 Å². The number of halogens is 1. The summed E-state index contributed by atoms with van der Waals surface area (Å²) < 4.78 is 1.02. The van der Waals surface area contributed by atoms with Crippen molar-refractivity contribution >= 4 is 60.1 Å². The Hall–Kier alpha value is -2.93. The first kappa shape index (κ1) is 13.5. The first-order valence-corrected chi connectivity index (χ1v) is 8.20. The van der Waals surface area contributed by atoms with Crippen LogP contribution in [0.4, 0.5) is 11.5 Å². The Morgan fingerprint density at radius 2 is 1.83 bits per heavy atom. The van der Waals surface area contributed by atoms with E-state index in [4.69, 9.17) is 4.98 Å². The Morgan fingerprint density at radius 3 is 2.79 bits per heavy atom. The molecule has 0 atom stereocenters. The topological polar surface area (TPSA) is 82.3 Å². The van der Waals surface area contributed by atoms with Crippen LogP contribution in [0.2, 0.25) is 0 Å². The van der Waals surface area contributed by atoms with Crippen LogP contribution in [0.5, 0.6) is 0 Å². The predicted molar refractivity (Wildman–Crippen MR) is 98.5 cm³/mol. The fourth-order valence-electron chi connectivity index (χ4n) is 2.91. The number of nitrogens with one attached hydrogen (secondary N) is 3. The van der Waals surface area contributed by atoms with Crippen LogP contribution >= 0.6 is 15.9 Å². The zero-order valence-electron chi connectivity index (χ0n) is 12.3. The first-order valence-electron chi connectivity index (χ1n) is 7.40. The van der Waals surface area contributed by atoms with Gasteiger partial charge in [0.15, 0.2) is 5.82 Å². The van der Waals surface area contributed by atoms with Crippen molar-refractivity contribution in [2.45, 2.75) is 0 Å². The number of pyridine rings is 1. The van der Waals surface area contributed by atoms with Crippen molar-refractivity contribution in [2.75, 3.05) is 5.32 Å². The Kier molecular flexibility index (Phi) is 2.83. The van der Waals surface area contributed by atoms with E-state index in [9.17, 15) is 0 Å². The number of rotatable bonds is 2. The second-order valence-corrected chi connectivity index (χ2v) is 6.49. The molecule has 0 bridgehead atoms. The molecule has 0 aliphatic heterocycles. The fourth-order valence-corrected chi connectivity index (χ4v) is 3.27. The highest BCUT2D eigenvalue weighted by Crippen LogP contribution is 2.31. The minimum Gasteiger partial charge on any atom is -0.338 e. The maximum atomic E-state index is 4.75. The van der Waals surface area contributed by atoms with Crippen LogP contribution in [0.25, 0.3) is 32.7 Å². The highest BCUT2D eigenvalue weighted by molar-refractivity contribution is 9.10. The minimum absolute atomic E-state index is 0.746. The van der Waals surface area contributed by atoms with Crippen LogP contribution in [-0.2, 0) is 0 Å². The molecule has 0 saturated heterocycles. The van der Waals surface area contributed by atoms with Gasteiger partial charge in [-0.05, 0) is 36.4 Å². The molecule has 0 fully saturated rings. The Balaban J connectivity index is 1.69. The van der Waals surface area contributed by atoms with Crippen LogP contribution in [0.1, 0.15) is 0 Å². The lowest BCUT2D eigenvalue weighted by atomic mass is 10.1. The predicted octanol–water partition coefficient (Wildman–Crippen LogP) is 4.49. The SMILES string of the molecule is Brc1ccc2nc(Nc3ccc4cn[nH]c4c3)c3[nH]ncc3c2c1. The molecule has 5 rings (SSSR count). The van der Waals surface area contributed by atoms with E-state index in [0.29, 0.717) is 0 Å².